The molecule has 0 amide bonds. The van der Waals surface area contributed by atoms with Gasteiger partial charge < -0.3 is 59.7 Å². The zero-order chi connectivity index (χ0) is 47.4. The minimum atomic E-state index is -3.70. The Kier molecular flexibility index (Phi) is 29.9. The molecule has 7 rings (SSSR count). The van der Waals surface area contributed by atoms with Crippen molar-refractivity contribution in [2.24, 2.45) is 10.8 Å². The number of hydrogen-bond donors (Lipinski definition) is 2. The molecule has 3 fully saturated rings. The van der Waals surface area contributed by atoms with Crippen LogP contribution in [0.1, 0.15) is 50.4 Å². The largest absolute Gasteiger partial charge is 1.00 e. The summed E-state index contributed by atoms with van der Waals surface area (Å²) in [7, 11) is -3.70. The van der Waals surface area contributed by atoms with Gasteiger partial charge in [0.1, 0.15) is 6.61 Å². The Morgan fingerprint density at radius 1 is 0.632 bits per heavy atom. The fraction of sp³-hybridized carbons (Fsp3) is 0.500. The molecule has 0 spiro atoms. The van der Waals surface area contributed by atoms with Gasteiger partial charge in [-0.15, -0.1) is 0 Å². The van der Waals surface area contributed by atoms with Crippen molar-refractivity contribution in [2.75, 3.05) is 92.5 Å². The Bertz CT molecular complexity index is 1990. The summed E-state index contributed by atoms with van der Waals surface area (Å²) in [5, 5.41) is 18.9. The minimum Gasteiger partial charge on any atom is -1.00 e. The monoisotopic (exact) mass is 982 g/mol. The number of carbonyl (C=O) groups excluding carboxylic acids is 1. The third kappa shape index (κ3) is 22.3. The topological polar surface area (TPSA) is 215 Å². The zero-order valence-electron chi connectivity index (χ0n) is 41.0. The van der Waals surface area contributed by atoms with E-state index in [1.807, 2.05) is 92.7 Å². The summed E-state index contributed by atoms with van der Waals surface area (Å²) in [5.74, 6) is -1.18. The average Bonchev–Trinajstić information content (AvgIpc) is 3.36. The Morgan fingerprint density at radius 2 is 1.06 bits per heavy atom. The molecule has 3 aliphatic rings. The van der Waals surface area contributed by atoms with Crippen molar-refractivity contribution in [2.45, 2.75) is 64.3 Å². The number of carbonyl (C=O) groups is 1. The average molecular weight is 983 g/mol. The van der Waals surface area contributed by atoms with Crippen LogP contribution in [0.25, 0.3) is 0 Å². The van der Waals surface area contributed by atoms with Gasteiger partial charge in [0.25, 0.3) is 16.1 Å². The van der Waals surface area contributed by atoms with Gasteiger partial charge in [-0.1, -0.05) is 123 Å². The van der Waals surface area contributed by atoms with Crippen LogP contribution in [0.3, 0.4) is 0 Å². The standard InChI is InChI=1S/C17H26O6.C17H24O5.C16H18O4S.Na.H2O.H/c1-2-16(20)23-14-17(11-18,12-19)13-22-9-8-21-10-15-6-4-3-5-7-15;1-2-17-20-12-16(13-21-17,14-22-17)11-19-9-8-18-10-15-6-4-3-5-7-15;1-14-7-9-16(10-8-14)21(17,18)20-12-11-19-13-15-5-3-2-4-6-15;;;/h3-7,18-19H,2,8-14H2,1H3;3-7H,2,8-14H2,1H3;2-10H,11-13H2,1H3;;1H2;/q;;;+1;;-1. The number of hydrogen-bond acceptors (Lipinski definition) is 15. The molecule has 0 aliphatic carbocycles. The number of rotatable bonds is 27. The van der Waals surface area contributed by atoms with E-state index in [1.54, 1.807) is 19.1 Å². The quantitative estimate of drug-likeness (QED) is 0.0380. The Morgan fingerprint density at radius 3 is 1.49 bits per heavy atom. The minimum absolute atomic E-state index is 0. The van der Waals surface area contributed by atoms with Crippen LogP contribution in [-0.2, 0) is 81.5 Å². The number of esters is 1. The van der Waals surface area contributed by atoms with Gasteiger partial charge in [0.15, 0.2) is 0 Å². The van der Waals surface area contributed by atoms with E-state index in [0.717, 1.165) is 16.7 Å². The molecule has 4 N–H and O–H groups in total. The molecule has 4 aromatic rings. The smallest absolute Gasteiger partial charge is 1.00 e. The molecule has 0 saturated carbocycles. The van der Waals surface area contributed by atoms with Gasteiger partial charge in [-0.2, -0.15) is 8.42 Å². The van der Waals surface area contributed by atoms with Crippen LogP contribution in [0, 0.1) is 17.8 Å². The maximum absolute atomic E-state index is 11.9. The second kappa shape index (κ2) is 33.4. The molecule has 3 heterocycles. The van der Waals surface area contributed by atoms with E-state index >= 15 is 0 Å². The van der Waals surface area contributed by atoms with Crippen LogP contribution >= 0.6 is 0 Å². The summed E-state index contributed by atoms with van der Waals surface area (Å²) in [6.07, 6.45) is 0.957. The molecule has 3 saturated heterocycles. The molecule has 0 unspecified atom stereocenters. The van der Waals surface area contributed by atoms with Crippen molar-refractivity contribution in [3.05, 3.63) is 138 Å². The number of aliphatic hydroxyl groups is 2. The summed E-state index contributed by atoms with van der Waals surface area (Å²) >= 11 is 0. The van der Waals surface area contributed by atoms with E-state index in [-0.39, 0.29) is 98.8 Å². The molecule has 374 valence electrons. The van der Waals surface area contributed by atoms with Crippen molar-refractivity contribution in [1.29, 1.82) is 0 Å². The molecule has 2 bridgehead atoms. The number of benzene rings is 4. The van der Waals surface area contributed by atoms with Crippen LogP contribution in [0.15, 0.2) is 120 Å². The molecule has 0 radical (unpaired) electrons. The van der Waals surface area contributed by atoms with Crippen molar-refractivity contribution >= 4 is 16.1 Å². The fourth-order valence-corrected chi connectivity index (χ4v) is 7.05. The van der Waals surface area contributed by atoms with E-state index in [4.69, 9.17) is 46.8 Å². The van der Waals surface area contributed by atoms with Gasteiger partial charge in [-0.3, -0.25) is 8.98 Å². The molecule has 4 aromatic carbocycles. The third-order valence-corrected chi connectivity index (χ3v) is 11.7. The van der Waals surface area contributed by atoms with E-state index in [9.17, 15) is 23.4 Å². The molecule has 18 heteroatoms. The van der Waals surface area contributed by atoms with E-state index in [1.165, 1.54) is 17.7 Å². The van der Waals surface area contributed by atoms with Gasteiger partial charge in [0.05, 0.1) is 121 Å². The number of aliphatic hydroxyl groups excluding tert-OH is 2. The zero-order valence-corrected chi connectivity index (χ0v) is 42.8. The number of fused-ring (bicyclic) bond motifs is 3. The fourth-order valence-electron chi connectivity index (χ4n) is 6.16. The maximum atomic E-state index is 11.9. The van der Waals surface area contributed by atoms with Crippen LogP contribution in [-0.4, -0.2) is 129 Å². The van der Waals surface area contributed by atoms with E-state index in [2.05, 4.69) is 12.1 Å². The van der Waals surface area contributed by atoms with Crippen molar-refractivity contribution < 1.29 is 107 Å². The first-order valence-corrected chi connectivity index (χ1v) is 23.7. The van der Waals surface area contributed by atoms with Crippen molar-refractivity contribution in [3.8, 4) is 0 Å². The molecule has 0 atom stereocenters. The predicted molar refractivity (Wildman–Crippen MR) is 250 cm³/mol. The summed E-state index contributed by atoms with van der Waals surface area (Å²) in [5.41, 5.74) is 3.14. The second-order valence-electron chi connectivity index (χ2n) is 16.0. The summed E-state index contributed by atoms with van der Waals surface area (Å²) in [6.45, 7) is 11.1. The summed E-state index contributed by atoms with van der Waals surface area (Å²) < 4.78 is 78.5. The first-order valence-electron chi connectivity index (χ1n) is 22.3. The summed E-state index contributed by atoms with van der Waals surface area (Å²) in [4.78, 5) is 11.4. The van der Waals surface area contributed by atoms with E-state index < -0.39 is 21.5 Å². The van der Waals surface area contributed by atoms with Crippen LogP contribution in [0.5, 0.6) is 0 Å². The van der Waals surface area contributed by atoms with Gasteiger partial charge >= 0.3 is 35.5 Å². The van der Waals surface area contributed by atoms with Crippen molar-refractivity contribution in [3.63, 3.8) is 0 Å². The van der Waals surface area contributed by atoms with E-state index in [0.29, 0.717) is 79.1 Å². The van der Waals surface area contributed by atoms with Crippen molar-refractivity contribution in [1.82, 2.24) is 0 Å². The Hall–Kier alpha value is -3.18. The molecule has 16 nitrogen and oxygen atoms in total. The molecule has 0 aromatic heterocycles. The molecule has 68 heavy (non-hydrogen) atoms. The Balaban J connectivity index is 0.000000507. The SMILES string of the molecule is CCC(=O)OCC(CO)(CO)COCCOCc1ccccc1.CCC12OCC(COCCOCc3ccccc3)(CO1)CO2.Cc1ccc(S(=O)(=O)OCCOCc2ccccc2)cc1.O.[H-].[Na+]. The Labute approximate surface area is 425 Å². The number of ether oxygens (including phenoxy) is 9. The van der Waals surface area contributed by atoms with Gasteiger partial charge in [0, 0.05) is 12.8 Å². The number of aryl methyl sites for hydroxylation is 1. The van der Waals surface area contributed by atoms with Gasteiger partial charge in [-0.05, 0) is 35.7 Å². The first-order chi connectivity index (χ1) is 32.0. The van der Waals surface area contributed by atoms with Gasteiger partial charge in [0.2, 0.25) is 0 Å². The van der Waals surface area contributed by atoms with Crippen LogP contribution < -0.4 is 29.6 Å². The normalized spacial score (nSPS) is 17.3. The third-order valence-electron chi connectivity index (χ3n) is 10.4. The maximum Gasteiger partial charge on any atom is 1.00 e. The molecular formula is C50H71NaO16S. The van der Waals surface area contributed by atoms with Crippen LogP contribution in [0.4, 0.5) is 0 Å². The first kappa shape index (κ1) is 60.9. The molecule has 3 aliphatic heterocycles. The molecular weight excluding hydrogens is 912 g/mol. The second-order valence-corrected chi connectivity index (χ2v) is 17.7. The van der Waals surface area contributed by atoms with Gasteiger partial charge in [-0.25, -0.2) is 0 Å². The van der Waals surface area contributed by atoms with Crippen LogP contribution in [0.2, 0.25) is 0 Å². The summed E-state index contributed by atoms with van der Waals surface area (Å²) in [6, 6.07) is 36.2. The predicted octanol–water partition coefficient (Wildman–Crippen LogP) is 2.70.